The van der Waals surface area contributed by atoms with Crippen molar-refractivity contribution < 1.29 is 19.0 Å². The van der Waals surface area contributed by atoms with Gasteiger partial charge in [-0.15, -0.1) is 0 Å². The van der Waals surface area contributed by atoms with Gasteiger partial charge in [-0.3, -0.25) is 4.79 Å². The minimum atomic E-state index is -0.241. The van der Waals surface area contributed by atoms with Crippen molar-refractivity contribution in [2.75, 3.05) is 44.6 Å². The van der Waals surface area contributed by atoms with E-state index in [2.05, 4.69) is 20.6 Å². The topological polar surface area (TPSA) is 97.8 Å². The minimum Gasteiger partial charge on any atom is -0.496 e. The standard InChI is InChI=1S/C26H29N5O4/c1-31(2)17-10-8-16(9-11-17)25(32)28-20-14-34-24-21(15-35-23(20)24)30-26-27-13-12-19(29-26)18-6-4-5-7-22(18)33-3/h4-13,20-21,23-24H,14-15H2,1-3H3,(H,28,32)(H,27,29,30). The summed E-state index contributed by atoms with van der Waals surface area (Å²) in [6, 6.07) is 16.7. The number of methoxy groups -OCH3 is 1. The minimum absolute atomic E-state index is 0.130. The lowest BCUT2D eigenvalue weighted by Crippen LogP contribution is -2.44. The van der Waals surface area contributed by atoms with Crippen LogP contribution in [0.25, 0.3) is 11.3 Å². The normalized spacial score (nSPS) is 22.9. The first kappa shape index (κ1) is 23.1. The third-order valence-corrected chi connectivity index (χ3v) is 6.37. The molecular formula is C26H29N5O4. The molecule has 4 unspecified atom stereocenters. The zero-order valence-electron chi connectivity index (χ0n) is 20.0. The van der Waals surface area contributed by atoms with Crippen LogP contribution in [0, 0.1) is 0 Å². The van der Waals surface area contributed by atoms with Crippen LogP contribution in [-0.4, -0.2) is 74.6 Å². The summed E-state index contributed by atoms with van der Waals surface area (Å²) in [5, 5.41) is 6.42. The fourth-order valence-corrected chi connectivity index (χ4v) is 4.51. The number of fused-ring (bicyclic) bond motifs is 1. The quantitative estimate of drug-likeness (QED) is 0.538. The van der Waals surface area contributed by atoms with Crippen LogP contribution >= 0.6 is 0 Å². The summed E-state index contributed by atoms with van der Waals surface area (Å²) in [6.07, 6.45) is 1.26. The summed E-state index contributed by atoms with van der Waals surface area (Å²) >= 11 is 0. The fourth-order valence-electron chi connectivity index (χ4n) is 4.51. The van der Waals surface area contributed by atoms with E-state index < -0.39 is 0 Å². The van der Waals surface area contributed by atoms with Gasteiger partial charge in [0.25, 0.3) is 5.91 Å². The highest BCUT2D eigenvalue weighted by molar-refractivity contribution is 5.94. The van der Waals surface area contributed by atoms with Crippen molar-refractivity contribution in [2.24, 2.45) is 0 Å². The number of aromatic nitrogens is 2. The van der Waals surface area contributed by atoms with Crippen LogP contribution in [0.1, 0.15) is 10.4 Å². The average Bonchev–Trinajstić information content (AvgIpc) is 3.47. The predicted molar refractivity (Wildman–Crippen MR) is 133 cm³/mol. The molecule has 2 N–H and O–H groups in total. The summed E-state index contributed by atoms with van der Waals surface area (Å²) in [4.78, 5) is 23.8. The molecule has 4 atom stereocenters. The molecule has 0 aliphatic carbocycles. The number of ether oxygens (including phenoxy) is 3. The Bertz CT molecular complexity index is 1190. The highest BCUT2D eigenvalue weighted by Gasteiger charge is 2.48. The first-order chi connectivity index (χ1) is 17.0. The number of para-hydroxylation sites is 1. The molecule has 9 nitrogen and oxygen atoms in total. The van der Waals surface area contributed by atoms with Crippen LogP contribution in [0.4, 0.5) is 11.6 Å². The van der Waals surface area contributed by atoms with Gasteiger partial charge < -0.3 is 29.7 Å². The van der Waals surface area contributed by atoms with Crippen LogP contribution in [0.2, 0.25) is 0 Å². The highest BCUT2D eigenvalue weighted by atomic mass is 16.6. The largest absolute Gasteiger partial charge is 0.496 e. The number of nitrogens with zero attached hydrogens (tertiary/aromatic N) is 3. The molecule has 0 saturated carbocycles. The smallest absolute Gasteiger partial charge is 0.251 e. The van der Waals surface area contributed by atoms with Crippen molar-refractivity contribution in [3.05, 3.63) is 66.4 Å². The van der Waals surface area contributed by atoms with Crippen molar-refractivity contribution in [2.45, 2.75) is 24.3 Å². The molecule has 2 aromatic carbocycles. The maximum Gasteiger partial charge on any atom is 0.251 e. The summed E-state index contributed by atoms with van der Waals surface area (Å²) in [6.45, 7) is 0.818. The molecule has 2 saturated heterocycles. The van der Waals surface area contributed by atoms with Gasteiger partial charge in [-0.05, 0) is 42.5 Å². The molecule has 0 bridgehead atoms. The Morgan fingerprint density at radius 2 is 1.71 bits per heavy atom. The molecule has 3 aromatic rings. The SMILES string of the molecule is COc1ccccc1-c1ccnc(NC2COC3C(NC(=O)c4ccc(N(C)C)cc4)COC23)n1. The zero-order chi connectivity index (χ0) is 24.4. The Hall–Kier alpha value is -3.69. The number of hydrogen-bond acceptors (Lipinski definition) is 8. The number of rotatable bonds is 7. The van der Waals surface area contributed by atoms with Gasteiger partial charge in [-0.1, -0.05) is 12.1 Å². The molecule has 5 rings (SSSR count). The van der Waals surface area contributed by atoms with E-state index in [-0.39, 0.29) is 30.2 Å². The molecule has 2 aliphatic rings. The van der Waals surface area contributed by atoms with E-state index in [0.717, 1.165) is 22.7 Å². The molecule has 3 heterocycles. The summed E-state index contributed by atoms with van der Waals surface area (Å²) in [5.74, 6) is 1.09. The van der Waals surface area contributed by atoms with Crippen LogP contribution < -0.4 is 20.3 Å². The van der Waals surface area contributed by atoms with E-state index in [1.165, 1.54) is 0 Å². The third-order valence-electron chi connectivity index (χ3n) is 6.37. The van der Waals surface area contributed by atoms with E-state index in [1.54, 1.807) is 13.3 Å². The molecule has 0 radical (unpaired) electrons. The van der Waals surface area contributed by atoms with Gasteiger partial charge in [0.2, 0.25) is 5.95 Å². The molecule has 182 valence electrons. The van der Waals surface area contributed by atoms with E-state index in [0.29, 0.717) is 24.7 Å². The highest BCUT2D eigenvalue weighted by Crippen LogP contribution is 2.31. The summed E-state index contributed by atoms with van der Waals surface area (Å²) < 4.78 is 17.5. The Labute approximate surface area is 204 Å². The Morgan fingerprint density at radius 3 is 2.46 bits per heavy atom. The Morgan fingerprint density at radius 1 is 1.00 bits per heavy atom. The van der Waals surface area contributed by atoms with E-state index in [4.69, 9.17) is 14.2 Å². The second-order valence-electron chi connectivity index (χ2n) is 8.83. The Balaban J connectivity index is 1.23. The van der Waals surface area contributed by atoms with Crippen molar-refractivity contribution in [3.63, 3.8) is 0 Å². The number of amides is 1. The molecule has 1 amide bonds. The van der Waals surface area contributed by atoms with Gasteiger partial charge in [0, 0.05) is 37.1 Å². The van der Waals surface area contributed by atoms with Gasteiger partial charge >= 0.3 is 0 Å². The van der Waals surface area contributed by atoms with Gasteiger partial charge in [0.1, 0.15) is 18.0 Å². The molecule has 2 aliphatic heterocycles. The summed E-state index contributed by atoms with van der Waals surface area (Å²) in [5.41, 5.74) is 3.29. The molecule has 1 aromatic heterocycles. The van der Waals surface area contributed by atoms with Gasteiger partial charge in [-0.25, -0.2) is 9.97 Å². The number of hydrogen-bond donors (Lipinski definition) is 2. The number of nitrogens with one attached hydrogen (secondary N) is 2. The fraction of sp³-hybridized carbons (Fsp3) is 0.346. The lowest BCUT2D eigenvalue weighted by Gasteiger charge is -2.19. The first-order valence-electron chi connectivity index (χ1n) is 11.6. The number of carbonyl (C=O) groups excluding carboxylic acids is 1. The number of benzene rings is 2. The van der Waals surface area contributed by atoms with Gasteiger partial charge in [-0.2, -0.15) is 0 Å². The lowest BCUT2D eigenvalue weighted by molar-refractivity contribution is 0.0652. The monoisotopic (exact) mass is 475 g/mol. The van der Waals surface area contributed by atoms with Crippen LogP contribution in [0.5, 0.6) is 5.75 Å². The number of anilines is 2. The van der Waals surface area contributed by atoms with Crippen molar-refractivity contribution >= 4 is 17.5 Å². The number of carbonyl (C=O) groups is 1. The Kier molecular flexibility index (Phi) is 6.52. The molecule has 35 heavy (non-hydrogen) atoms. The van der Waals surface area contributed by atoms with Gasteiger partial charge in [0.15, 0.2) is 0 Å². The lowest BCUT2D eigenvalue weighted by atomic mass is 10.1. The zero-order valence-corrected chi connectivity index (χ0v) is 20.0. The van der Waals surface area contributed by atoms with Crippen LogP contribution in [0.3, 0.4) is 0 Å². The molecular weight excluding hydrogens is 446 g/mol. The van der Waals surface area contributed by atoms with Crippen molar-refractivity contribution in [3.8, 4) is 17.0 Å². The molecule has 9 heteroatoms. The van der Waals surface area contributed by atoms with Crippen molar-refractivity contribution in [1.82, 2.24) is 15.3 Å². The van der Waals surface area contributed by atoms with E-state index in [1.807, 2.05) is 73.6 Å². The second-order valence-corrected chi connectivity index (χ2v) is 8.83. The van der Waals surface area contributed by atoms with E-state index >= 15 is 0 Å². The average molecular weight is 476 g/mol. The summed E-state index contributed by atoms with van der Waals surface area (Å²) in [7, 11) is 5.57. The maximum atomic E-state index is 12.8. The van der Waals surface area contributed by atoms with Gasteiger partial charge in [0.05, 0.1) is 38.1 Å². The first-order valence-corrected chi connectivity index (χ1v) is 11.6. The van der Waals surface area contributed by atoms with Crippen LogP contribution in [-0.2, 0) is 9.47 Å². The third kappa shape index (κ3) is 4.78. The second kappa shape index (κ2) is 9.89. The molecule has 0 spiro atoms. The van der Waals surface area contributed by atoms with Crippen LogP contribution in [0.15, 0.2) is 60.8 Å². The maximum absolute atomic E-state index is 12.8. The predicted octanol–water partition coefficient (Wildman–Crippen LogP) is 2.59. The van der Waals surface area contributed by atoms with Crippen molar-refractivity contribution in [1.29, 1.82) is 0 Å². The van der Waals surface area contributed by atoms with E-state index in [9.17, 15) is 4.79 Å². The molecule has 2 fully saturated rings.